The highest BCUT2D eigenvalue weighted by Gasteiger charge is 2.14. The minimum Gasteiger partial charge on any atom is -0.366 e. The Hall–Kier alpha value is -1.59. The summed E-state index contributed by atoms with van der Waals surface area (Å²) in [6.45, 7) is 0. The molecule has 22 heavy (non-hydrogen) atoms. The Morgan fingerprint density at radius 3 is 2.73 bits per heavy atom. The van der Waals surface area contributed by atoms with Crippen molar-refractivity contribution in [3.05, 3.63) is 34.4 Å². The third kappa shape index (κ3) is 3.99. The molecule has 0 atom stereocenters. The van der Waals surface area contributed by atoms with Crippen LogP contribution in [0.15, 0.2) is 24.4 Å². The number of anilines is 3. The summed E-state index contributed by atoms with van der Waals surface area (Å²) >= 11 is 12.1. The Morgan fingerprint density at radius 1 is 1.09 bits per heavy atom. The second-order valence-corrected chi connectivity index (χ2v) is 6.24. The first kappa shape index (κ1) is 15.3. The van der Waals surface area contributed by atoms with Crippen LogP contribution in [0.2, 0.25) is 10.0 Å². The van der Waals surface area contributed by atoms with Gasteiger partial charge in [-0.3, -0.25) is 0 Å². The summed E-state index contributed by atoms with van der Waals surface area (Å²) in [6, 6.07) is 5.65. The van der Waals surface area contributed by atoms with Gasteiger partial charge in [0.25, 0.3) is 0 Å². The van der Waals surface area contributed by atoms with Crippen LogP contribution < -0.4 is 10.6 Å². The molecule has 2 aromatic rings. The lowest BCUT2D eigenvalue weighted by molar-refractivity contribution is 0.461. The molecule has 0 amide bonds. The Bertz CT molecular complexity index is 644. The molecule has 7 heteroatoms. The van der Waals surface area contributed by atoms with Crippen molar-refractivity contribution in [2.45, 2.75) is 38.1 Å². The highest BCUT2D eigenvalue weighted by atomic mass is 35.5. The number of nitrogens with one attached hydrogen (secondary N) is 2. The van der Waals surface area contributed by atoms with Crippen LogP contribution in [-0.4, -0.2) is 21.2 Å². The van der Waals surface area contributed by atoms with Crippen LogP contribution in [0.5, 0.6) is 0 Å². The number of hydrogen-bond donors (Lipinski definition) is 2. The molecule has 1 heterocycles. The maximum Gasteiger partial charge on any atom is 0.249 e. The number of hydrogen-bond acceptors (Lipinski definition) is 5. The van der Waals surface area contributed by atoms with Gasteiger partial charge in [-0.25, -0.2) is 0 Å². The van der Waals surface area contributed by atoms with Crippen molar-refractivity contribution in [1.82, 2.24) is 15.2 Å². The van der Waals surface area contributed by atoms with Crippen LogP contribution in [0.3, 0.4) is 0 Å². The van der Waals surface area contributed by atoms with Crippen molar-refractivity contribution >= 4 is 40.7 Å². The Morgan fingerprint density at radius 2 is 1.91 bits per heavy atom. The molecule has 1 aromatic heterocycles. The molecule has 1 saturated carbocycles. The zero-order valence-electron chi connectivity index (χ0n) is 12.0. The van der Waals surface area contributed by atoms with Crippen molar-refractivity contribution in [2.24, 2.45) is 0 Å². The second kappa shape index (κ2) is 7.11. The summed E-state index contributed by atoms with van der Waals surface area (Å²) in [7, 11) is 0. The van der Waals surface area contributed by atoms with E-state index in [1.54, 1.807) is 24.4 Å². The van der Waals surface area contributed by atoms with Crippen molar-refractivity contribution < 1.29 is 0 Å². The Balaban J connectivity index is 1.71. The highest BCUT2D eigenvalue weighted by Crippen LogP contribution is 2.27. The quantitative estimate of drug-likeness (QED) is 0.848. The fraction of sp³-hybridized carbons (Fsp3) is 0.400. The van der Waals surface area contributed by atoms with Gasteiger partial charge in [0.15, 0.2) is 5.82 Å². The average Bonchev–Trinajstić information content (AvgIpc) is 2.52. The first-order chi connectivity index (χ1) is 10.7. The number of aromatic nitrogens is 3. The van der Waals surface area contributed by atoms with E-state index in [0.717, 1.165) is 5.82 Å². The third-order valence-corrected chi connectivity index (χ3v) is 4.26. The van der Waals surface area contributed by atoms with Crippen molar-refractivity contribution in [2.75, 3.05) is 10.6 Å². The Kier molecular flexibility index (Phi) is 4.95. The molecule has 0 aliphatic heterocycles. The predicted octanol–water partition coefficient (Wildman–Crippen LogP) is 4.67. The average molecular weight is 338 g/mol. The zero-order valence-corrected chi connectivity index (χ0v) is 13.5. The van der Waals surface area contributed by atoms with Gasteiger partial charge < -0.3 is 10.6 Å². The van der Waals surface area contributed by atoms with E-state index in [1.807, 2.05) is 0 Å². The van der Waals surface area contributed by atoms with Crippen LogP contribution in [0, 0.1) is 0 Å². The third-order valence-electron chi connectivity index (χ3n) is 3.69. The zero-order chi connectivity index (χ0) is 15.4. The van der Waals surface area contributed by atoms with Crippen LogP contribution in [0.4, 0.5) is 17.5 Å². The summed E-state index contributed by atoms with van der Waals surface area (Å²) in [5.41, 5.74) is 0.658. The van der Waals surface area contributed by atoms with Gasteiger partial charge in [-0.2, -0.15) is 10.1 Å². The lowest BCUT2D eigenvalue weighted by atomic mass is 9.96. The van der Waals surface area contributed by atoms with Crippen LogP contribution in [0.1, 0.15) is 32.1 Å². The van der Waals surface area contributed by atoms with E-state index in [9.17, 15) is 0 Å². The maximum absolute atomic E-state index is 6.13. The van der Waals surface area contributed by atoms with Crippen LogP contribution in [-0.2, 0) is 0 Å². The maximum atomic E-state index is 6.13. The fourth-order valence-corrected chi connectivity index (χ4v) is 2.93. The first-order valence-electron chi connectivity index (χ1n) is 7.39. The van der Waals surface area contributed by atoms with Gasteiger partial charge in [0, 0.05) is 11.1 Å². The summed E-state index contributed by atoms with van der Waals surface area (Å²) in [6.07, 6.45) is 7.83. The second-order valence-electron chi connectivity index (χ2n) is 5.39. The summed E-state index contributed by atoms with van der Waals surface area (Å²) in [5.74, 6) is 1.12. The van der Waals surface area contributed by atoms with Gasteiger partial charge in [0.1, 0.15) is 0 Å². The Labute approximate surface area is 139 Å². The largest absolute Gasteiger partial charge is 0.366 e. The van der Waals surface area contributed by atoms with E-state index >= 15 is 0 Å². The molecular weight excluding hydrogens is 321 g/mol. The van der Waals surface area contributed by atoms with Crippen LogP contribution >= 0.6 is 23.2 Å². The molecule has 1 aromatic carbocycles. The fourth-order valence-electron chi connectivity index (χ4n) is 2.60. The number of rotatable bonds is 4. The number of benzene rings is 1. The van der Waals surface area contributed by atoms with E-state index in [2.05, 4.69) is 25.8 Å². The van der Waals surface area contributed by atoms with Gasteiger partial charge in [-0.1, -0.05) is 42.5 Å². The molecule has 2 N–H and O–H groups in total. The molecule has 1 aliphatic rings. The molecule has 1 fully saturated rings. The van der Waals surface area contributed by atoms with E-state index in [0.29, 0.717) is 27.7 Å². The van der Waals surface area contributed by atoms with Gasteiger partial charge in [-0.15, -0.1) is 5.10 Å². The molecule has 0 radical (unpaired) electrons. The SMILES string of the molecule is Clc1ccc(Cl)c(Nc2nncc(NC3CCCCC3)n2)c1. The topological polar surface area (TPSA) is 62.7 Å². The van der Waals surface area contributed by atoms with Crippen molar-refractivity contribution in [1.29, 1.82) is 0 Å². The van der Waals surface area contributed by atoms with Gasteiger partial charge in [0.05, 0.1) is 16.9 Å². The molecule has 0 spiro atoms. The molecule has 5 nitrogen and oxygen atoms in total. The van der Waals surface area contributed by atoms with Crippen LogP contribution in [0.25, 0.3) is 0 Å². The smallest absolute Gasteiger partial charge is 0.249 e. The summed E-state index contributed by atoms with van der Waals surface area (Å²) in [5, 5.41) is 15.6. The molecule has 3 rings (SSSR count). The van der Waals surface area contributed by atoms with E-state index in [4.69, 9.17) is 23.2 Å². The molecular formula is C15H17Cl2N5. The lowest BCUT2D eigenvalue weighted by Crippen LogP contribution is -2.23. The molecule has 116 valence electrons. The monoisotopic (exact) mass is 337 g/mol. The van der Waals surface area contributed by atoms with Gasteiger partial charge in [0.2, 0.25) is 5.95 Å². The van der Waals surface area contributed by atoms with Gasteiger partial charge in [-0.05, 0) is 31.0 Å². The summed E-state index contributed by atoms with van der Waals surface area (Å²) in [4.78, 5) is 4.44. The molecule has 0 saturated heterocycles. The first-order valence-corrected chi connectivity index (χ1v) is 8.14. The highest BCUT2D eigenvalue weighted by molar-refractivity contribution is 6.35. The predicted molar refractivity (Wildman–Crippen MR) is 90.1 cm³/mol. The lowest BCUT2D eigenvalue weighted by Gasteiger charge is -2.23. The minimum atomic E-state index is 0.393. The van der Waals surface area contributed by atoms with E-state index in [-0.39, 0.29) is 0 Å². The summed E-state index contributed by atoms with van der Waals surface area (Å²) < 4.78 is 0. The molecule has 0 unspecified atom stereocenters. The van der Waals surface area contributed by atoms with E-state index < -0.39 is 0 Å². The standard InChI is InChI=1S/C15H17Cl2N5/c16-10-6-7-12(17)13(8-10)20-15-21-14(9-18-22-15)19-11-4-2-1-3-5-11/h6-9,11H,1-5H2,(H2,19,20,21,22). The van der Waals surface area contributed by atoms with Crippen molar-refractivity contribution in [3.8, 4) is 0 Å². The van der Waals surface area contributed by atoms with Crippen molar-refractivity contribution in [3.63, 3.8) is 0 Å². The van der Waals surface area contributed by atoms with Gasteiger partial charge >= 0.3 is 0 Å². The number of nitrogens with zero attached hydrogens (tertiary/aromatic N) is 3. The van der Waals surface area contributed by atoms with E-state index in [1.165, 1.54) is 32.1 Å². The normalized spacial score (nSPS) is 15.5. The minimum absolute atomic E-state index is 0.393. The molecule has 1 aliphatic carbocycles. The number of halogens is 2. The molecule has 0 bridgehead atoms.